The number of aliphatic carboxylic acids is 2. The van der Waals surface area contributed by atoms with E-state index in [0.29, 0.717) is 5.69 Å². The Labute approximate surface area is 227 Å². The second kappa shape index (κ2) is 13.9. The summed E-state index contributed by atoms with van der Waals surface area (Å²) in [6.45, 7) is -0.813. The van der Waals surface area contributed by atoms with Crippen molar-refractivity contribution < 1.29 is 39.3 Å². The Kier molecular flexibility index (Phi) is 10.3. The van der Waals surface area contributed by atoms with E-state index in [4.69, 9.17) is 10.8 Å². The molecule has 1 aromatic carbocycles. The fraction of sp³-hybridized carbons (Fsp3) is 0.360. The molecule has 0 saturated heterocycles. The first kappa shape index (κ1) is 29.8. The van der Waals surface area contributed by atoms with E-state index in [1.807, 2.05) is 24.3 Å². The van der Waals surface area contributed by atoms with Gasteiger partial charge in [0.25, 0.3) is 0 Å². The van der Waals surface area contributed by atoms with Crippen molar-refractivity contribution in [2.24, 2.45) is 5.73 Å². The highest BCUT2D eigenvalue weighted by Gasteiger charge is 2.31. The van der Waals surface area contributed by atoms with Gasteiger partial charge in [-0.2, -0.15) is 0 Å². The molecule has 10 N–H and O–H groups in total. The van der Waals surface area contributed by atoms with E-state index in [2.05, 4.69) is 30.9 Å². The fourth-order valence-electron chi connectivity index (χ4n) is 4.00. The van der Waals surface area contributed by atoms with Crippen molar-refractivity contribution >= 4 is 40.6 Å². The molecule has 2 aromatic heterocycles. The minimum absolute atomic E-state index is 0.144. The molecule has 3 amide bonds. The van der Waals surface area contributed by atoms with Crippen molar-refractivity contribution in [2.45, 2.75) is 49.9 Å². The number of hydrogen-bond donors (Lipinski definition) is 9. The van der Waals surface area contributed by atoms with Gasteiger partial charge < -0.3 is 47.0 Å². The van der Waals surface area contributed by atoms with Gasteiger partial charge in [0.1, 0.15) is 18.1 Å². The summed E-state index contributed by atoms with van der Waals surface area (Å²) >= 11 is 0. The lowest BCUT2D eigenvalue weighted by atomic mass is 10.0. The average molecular weight is 558 g/mol. The number of carboxylic acids is 2. The number of benzene rings is 1. The zero-order valence-electron chi connectivity index (χ0n) is 21.3. The van der Waals surface area contributed by atoms with E-state index in [1.165, 1.54) is 12.5 Å². The van der Waals surface area contributed by atoms with Crippen LogP contribution in [0.4, 0.5) is 0 Å². The van der Waals surface area contributed by atoms with Crippen molar-refractivity contribution in [2.75, 3.05) is 6.61 Å². The third-order valence-corrected chi connectivity index (χ3v) is 6.14. The molecule has 15 nitrogen and oxygen atoms in total. The number of rotatable bonds is 15. The van der Waals surface area contributed by atoms with Crippen LogP contribution in [0.25, 0.3) is 10.9 Å². The van der Waals surface area contributed by atoms with Crippen LogP contribution in [-0.4, -0.2) is 90.7 Å². The number of aromatic nitrogens is 3. The number of hydrogen-bond acceptors (Lipinski definition) is 8. The Morgan fingerprint density at radius 3 is 2.23 bits per heavy atom. The average Bonchev–Trinajstić information content (AvgIpc) is 3.58. The Bertz CT molecular complexity index is 1340. The van der Waals surface area contributed by atoms with Crippen molar-refractivity contribution in [3.8, 4) is 0 Å². The zero-order chi connectivity index (χ0) is 29.2. The number of carbonyl (C=O) groups is 5. The lowest BCUT2D eigenvalue weighted by molar-refractivity contribution is -0.143. The predicted molar refractivity (Wildman–Crippen MR) is 140 cm³/mol. The number of nitrogens with zero attached hydrogens (tertiary/aromatic N) is 1. The number of aliphatic hydroxyl groups excluding tert-OH is 1. The Balaban J connectivity index is 1.66. The van der Waals surface area contributed by atoms with E-state index >= 15 is 0 Å². The number of aliphatic hydroxyl groups is 1. The van der Waals surface area contributed by atoms with Gasteiger partial charge >= 0.3 is 11.9 Å². The third-order valence-electron chi connectivity index (χ3n) is 6.14. The lowest BCUT2D eigenvalue weighted by Gasteiger charge is -2.24. The summed E-state index contributed by atoms with van der Waals surface area (Å²) < 4.78 is 0. The first-order valence-corrected chi connectivity index (χ1v) is 12.3. The summed E-state index contributed by atoms with van der Waals surface area (Å²) in [5, 5.41) is 35.9. The number of aromatic amines is 2. The molecule has 0 bridgehead atoms. The lowest BCUT2D eigenvalue weighted by Crippen LogP contribution is -2.58. The first-order valence-electron chi connectivity index (χ1n) is 12.3. The second-order valence-corrected chi connectivity index (χ2v) is 9.09. The molecule has 15 heteroatoms. The number of fused-ring (bicyclic) bond motifs is 1. The molecule has 0 fully saturated rings. The Morgan fingerprint density at radius 2 is 1.57 bits per heavy atom. The molecule has 4 atom stereocenters. The smallest absolute Gasteiger partial charge is 0.326 e. The number of nitrogens with one attached hydrogen (secondary N) is 5. The predicted octanol–water partition coefficient (Wildman–Crippen LogP) is -1.60. The van der Waals surface area contributed by atoms with Crippen molar-refractivity contribution in [1.29, 1.82) is 0 Å². The molecular weight excluding hydrogens is 526 g/mol. The van der Waals surface area contributed by atoms with Crippen LogP contribution < -0.4 is 21.7 Å². The van der Waals surface area contributed by atoms with E-state index < -0.39 is 66.9 Å². The summed E-state index contributed by atoms with van der Waals surface area (Å²) in [6.07, 6.45) is 3.57. The second-order valence-electron chi connectivity index (χ2n) is 9.09. The standard InChI is InChI=1S/C25H31N7O8/c26-16(7-13-9-28-17-4-2-1-3-15(13)17)22(36)32-20(11-33)24(38)31-19(8-14-10-27-12-29-14)23(37)30-18(25(39)40)5-6-21(34)35/h1-4,9-10,12,16,18-20,28,33H,5-8,11,26H2,(H,27,29)(H,30,37)(H,31,38)(H,32,36)(H,34,35)(H,39,40). The molecule has 0 saturated carbocycles. The molecule has 0 spiro atoms. The van der Waals surface area contributed by atoms with Gasteiger partial charge in [-0.25, -0.2) is 9.78 Å². The van der Waals surface area contributed by atoms with Gasteiger partial charge in [-0.15, -0.1) is 0 Å². The quantitative estimate of drug-likeness (QED) is 0.103. The van der Waals surface area contributed by atoms with Crippen molar-refractivity contribution in [1.82, 2.24) is 30.9 Å². The minimum Gasteiger partial charge on any atom is -0.481 e. The molecule has 2 heterocycles. The molecule has 214 valence electrons. The van der Waals surface area contributed by atoms with Crippen LogP contribution >= 0.6 is 0 Å². The van der Waals surface area contributed by atoms with Gasteiger partial charge in [-0.1, -0.05) is 18.2 Å². The fourth-order valence-corrected chi connectivity index (χ4v) is 4.00. The molecule has 3 aromatic rings. The highest BCUT2D eigenvalue weighted by Crippen LogP contribution is 2.18. The number of carbonyl (C=O) groups excluding carboxylic acids is 3. The molecule has 40 heavy (non-hydrogen) atoms. The van der Waals surface area contributed by atoms with Crippen molar-refractivity contribution in [3.05, 3.63) is 54.2 Å². The van der Waals surface area contributed by atoms with Gasteiger partial charge in [0.2, 0.25) is 17.7 Å². The summed E-state index contributed by atoms with van der Waals surface area (Å²) in [6, 6.07) is 2.03. The van der Waals surface area contributed by atoms with Crippen LogP contribution in [0.1, 0.15) is 24.1 Å². The Hall–Kier alpha value is -4.76. The zero-order valence-corrected chi connectivity index (χ0v) is 21.3. The van der Waals surface area contributed by atoms with Gasteiger partial charge in [-0.05, 0) is 24.5 Å². The van der Waals surface area contributed by atoms with Gasteiger partial charge in [0.05, 0.1) is 19.0 Å². The molecular formula is C25H31N7O8. The van der Waals surface area contributed by atoms with Crippen LogP contribution in [0.2, 0.25) is 0 Å². The summed E-state index contributed by atoms with van der Waals surface area (Å²) in [4.78, 5) is 70.7. The van der Waals surface area contributed by atoms with Crippen molar-refractivity contribution in [3.63, 3.8) is 0 Å². The highest BCUT2D eigenvalue weighted by molar-refractivity contribution is 5.94. The van der Waals surface area contributed by atoms with Crippen LogP contribution in [-0.2, 0) is 36.8 Å². The molecule has 4 unspecified atom stereocenters. The number of carboxylic acid groups (broad SMARTS) is 2. The van der Waals surface area contributed by atoms with E-state index in [1.54, 1.807) is 6.20 Å². The van der Waals surface area contributed by atoms with E-state index in [9.17, 15) is 34.2 Å². The molecule has 0 radical (unpaired) electrons. The van der Waals surface area contributed by atoms with Crippen LogP contribution in [0.15, 0.2) is 43.0 Å². The van der Waals surface area contributed by atoms with E-state index in [0.717, 1.165) is 16.5 Å². The molecule has 0 aliphatic carbocycles. The first-order chi connectivity index (χ1) is 19.1. The summed E-state index contributed by atoms with van der Waals surface area (Å²) in [5.41, 5.74) is 8.14. The number of H-pyrrole nitrogens is 2. The third kappa shape index (κ3) is 8.12. The highest BCUT2D eigenvalue weighted by atomic mass is 16.4. The van der Waals surface area contributed by atoms with Gasteiger partial charge in [-0.3, -0.25) is 19.2 Å². The maximum absolute atomic E-state index is 13.0. The van der Waals surface area contributed by atoms with Crippen LogP contribution in [0.3, 0.4) is 0 Å². The summed E-state index contributed by atoms with van der Waals surface area (Å²) in [5.74, 6) is -5.25. The normalized spacial score (nSPS) is 14.1. The maximum Gasteiger partial charge on any atom is 0.326 e. The number of amides is 3. The molecule has 3 rings (SSSR count). The SMILES string of the molecule is NC(Cc1c[nH]c2ccccc12)C(=O)NC(CO)C(=O)NC(Cc1cnc[nH]1)C(=O)NC(CCC(=O)O)C(=O)O. The van der Waals surface area contributed by atoms with Gasteiger partial charge in [0, 0.05) is 41.8 Å². The minimum atomic E-state index is -1.53. The monoisotopic (exact) mass is 557 g/mol. The Morgan fingerprint density at radius 1 is 0.900 bits per heavy atom. The number of imidazole rings is 1. The van der Waals surface area contributed by atoms with Crippen LogP contribution in [0, 0.1) is 0 Å². The number of para-hydroxylation sites is 1. The largest absolute Gasteiger partial charge is 0.481 e. The number of nitrogens with two attached hydrogens (primary N) is 1. The summed E-state index contributed by atoms with van der Waals surface area (Å²) in [7, 11) is 0. The van der Waals surface area contributed by atoms with E-state index in [-0.39, 0.29) is 19.3 Å². The maximum atomic E-state index is 13.0. The topological polar surface area (TPSA) is 253 Å². The molecule has 0 aliphatic rings. The molecule has 0 aliphatic heterocycles. The van der Waals surface area contributed by atoms with Gasteiger partial charge in [0.15, 0.2) is 0 Å². The van der Waals surface area contributed by atoms with Crippen LogP contribution in [0.5, 0.6) is 0 Å².